The summed E-state index contributed by atoms with van der Waals surface area (Å²) in [4.78, 5) is 17.5. The molecule has 5 nitrogen and oxygen atoms in total. The summed E-state index contributed by atoms with van der Waals surface area (Å²) in [5, 5.41) is 17.3. The number of carbonyl (C=O) groups excluding carboxylic acids is 1. The molecule has 0 unspecified atom stereocenters. The number of nitrogens with one attached hydrogen (secondary N) is 1. The highest BCUT2D eigenvalue weighted by Crippen LogP contribution is 2.38. The molecule has 0 radical (unpaired) electrons. The van der Waals surface area contributed by atoms with Crippen molar-refractivity contribution < 1.29 is 14.6 Å². The van der Waals surface area contributed by atoms with Crippen molar-refractivity contribution in [1.29, 1.82) is 0 Å². The molecule has 1 atom stereocenters. The molecule has 6 heteroatoms. The van der Waals surface area contributed by atoms with E-state index in [1.54, 1.807) is 36.6 Å². The van der Waals surface area contributed by atoms with Crippen LogP contribution < -0.4 is 5.32 Å². The second kappa shape index (κ2) is 8.32. The Hall–Kier alpha value is -3.38. The van der Waals surface area contributed by atoms with Gasteiger partial charge in [0.1, 0.15) is 11.3 Å². The van der Waals surface area contributed by atoms with E-state index in [2.05, 4.69) is 10.3 Å². The molecule has 2 aromatic heterocycles. The van der Waals surface area contributed by atoms with Gasteiger partial charge in [-0.3, -0.25) is 4.98 Å². The number of aromatic hydroxyl groups is 1. The van der Waals surface area contributed by atoms with Crippen LogP contribution in [0.5, 0.6) is 5.75 Å². The lowest BCUT2D eigenvalue weighted by Crippen LogP contribution is -2.12. The van der Waals surface area contributed by atoms with E-state index >= 15 is 0 Å². The topological polar surface area (TPSA) is 71.5 Å². The molecule has 4 rings (SSSR count). The van der Waals surface area contributed by atoms with Crippen LogP contribution >= 0.6 is 11.3 Å². The standard InChI is InChI=1S/C23H20N2O3S/c1-2-28-23(27)16-6-3-8-17(14-16)25-21(19-9-5-13-29-19)18-11-10-15-7-4-12-24-20(15)22(18)26/h3-14,21,25-26H,2H2,1H3/t21-/m1/s1. The largest absolute Gasteiger partial charge is 0.505 e. The number of thiophene rings is 1. The van der Waals surface area contributed by atoms with Crippen LogP contribution in [-0.2, 0) is 4.74 Å². The fraction of sp³-hybridized carbons (Fsp3) is 0.130. The molecule has 0 spiro atoms. The highest BCUT2D eigenvalue weighted by atomic mass is 32.1. The van der Waals surface area contributed by atoms with Crippen molar-refractivity contribution in [1.82, 2.24) is 4.98 Å². The van der Waals surface area contributed by atoms with E-state index in [0.717, 1.165) is 21.5 Å². The highest BCUT2D eigenvalue weighted by Gasteiger charge is 2.21. The third kappa shape index (κ3) is 3.93. The first-order valence-corrected chi connectivity index (χ1v) is 10.2. The molecule has 0 aliphatic rings. The molecule has 0 aliphatic heterocycles. The van der Waals surface area contributed by atoms with E-state index in [1.807, 2.05) is 53.9 Å². The molecule has 0 aliphatic carbocycles. The number of pyridine rings is 1. The molecule has 0 saturated heterocycles. The minimum Gasteiger partial charge on any atom is -0.505 e. The van der Waals surface area contributed by atoms with E-state index in [-0.39, 0.29) is 17.8 Å². The Kier molecular flexibility index (Phi) is 5.44. The normalized spacial score (nSPS) is 11.9. The van der Waals surface area contributed by atoms with Gasteiger partial charge in [0.2, 0.25) is 0 Å². The second-order valence-corrected chi connectivity index (χ2v) is 7.45. The summed E-state index contributed by atoms with van der Waals surface area (Å²) < 4.78 is 5.10. The van der Waals surface area contributed by atoms with Crippen molar-refractivity contribution in [2.24, 2.45) is 0 Å². The van der Waals surface area contributed by atoms with Gasteiger partial charge in [0.15, 0.2) is 0 Å². The second-order valence-electron chi connectivity index (χ2n) is 6.47. The first-order chi connectivity index (χ1) is 14.2. The number of hydrogen-bond donors (Lipinski definition) is 2. The number of esters is 1. The average molecular weight is 404 g/mol. The number of phenols is 1. The van der Waals surface area contributed by atoms with Gasteiger partial charge in [0, 0.05) is 27.7 Å². The molecular formula is C23H20N2O3S. The number of phenolic OH excluding ortho intramolecular Hbond substituents is 1. The number of rotatable bonds is 6. The predicted octanol–water partition coefficient (Wildman–Crippen LogP) is 5.38. The molecule has 146 valence electrons. The Labute approximate surface area is 172 Å². The summed E-state index contributed by atoms with van der Waals surface area (Å²) in [6.07, 6.45) is 1.67. The quantitative estimate of drug-likeness (QED) is 0.422. The lowest BCUT2D eigenvalue weighted by molar-refractivity contribution is 0.0526. The van der Waals surface area contributed by atoms with Gasteiger partial charge >= 0.3 is 5.97 Å². The Balaban J connectivity index is 1.74. The average Bonchev–Trinajstić information content (AvgIpc) is 3.28. The Morgan fingerprint density at radius 3 is 2.86 bits per heavy atom. The van der Waals surface area contributed by atoms with Gasteiger partial charge in [-0.2, -0.15) is 0 Å². The molecule has 0 fully saturated rings. The Morgan fingerprint density at radius 1 is 1.17 bits per heavy atom. The minimum absolute atomic E-state index is 0.149. The van der Waals surface area contributed by atoms with E-state index in [4.69, 9.17) is 4.74 Å². The summed E-state index contributed by atoms with van der Waals surface area (Å²) in [6.45, 7) is 2.11. The fourth-order valence-electron chi connectivity index (χ4n) is 3.25. The summed E-state index contributed by atoms with van der Waals surface area (Å²) >= 11 is 1.59. The van der Waals surface area contributed by atoms with Gasteiger partial charge in [-0.1, -0.05) is 30.3 Å². The number of carbonyl (C=O) groups is 1. The summed E-state index contributed by atoms with van der Waals surface area (Å²) in [6, 6.07) is 18.5. The van der Waals surface area contributed by atoms with Crippen LogP contribution in [0.15, 0.2) is 72.2 Å². The summed E-state index contributed by atoms with van der Waals surface area (Å²) in [5.74, 6) is -0.211. The zero-order valence-corrected chi connectivity index (χ0v) is 16.6. The zero-order chi connectivity index (χ0) is 20.2. The number of fused-ring (bicyclic) bond motifs is 1. The van der Waals surface area contributed by atoms with E-state index in [1.165, 1.54) is 0 Å². The van der Waals surface area contributed by atoms with E-state index in [9.17, 15) is 9.90 Å². The highest BCUT2D eigenvalue weighted by molar-refractivity contribution is 7.10. The molecule has 2 aromatic carbocycles. The Morgan fingerprint density at radius 2 is 2.07 bits per heavy atom. The number of ether oxygens (including phenoxy) is 1. The number of aromatic nitrogens is 1. The van der Waals surface area contributed by atoms with Crippen LogP contribution in [0.25, 0.3) is 10.9 Å². The van der Waals surface area contributed by atoms with Gasteiger partial charge in [0.25, 0.3) is 0 Å². The fourth-order valence-corrected chi connectivity index (χ4v) is 4.05. The molecular weight excluding hydrogens is 384 g/mol. The van der Waals surface area contributed by atoms with Crippen molar-refractivity contribution in [3.8, 4) is 5.75 Å². The van der Waals surface area contributed by atoms with Gasteiger partial charge in [-0.25, -0.2) is 4.79 Å². The van der Waals surface area contributed by atoms with E-state index in [0.29, 0.717) is 17.7 Å². The number of nitrogens with zero attached hydrogens (tertiary/aromatic N) is 1. The van der Waals surface area contributed by atoms with Crippen LogP contribution in [0.1, 0.15) is 33.8 Å². The molecule has 2 N–H and O–H groups in total. The van der Waals surface area contributed by atoms with Crippen molar-refractivity contribution in [2.75, 3.05) is 11.9 Å². The lowest BCUT2D eigenvalue weighted by Gasteiger charge is -2.21. The van der Waals surface area contributed by atoms with Crippen LogP contribution in [0, 0.1) is 0 Å². The zero-order valence-electron chi connectivity index (χ0n) is 15.8. The van der Waals surface area contributed by atoms with Crippen molar-refractivity contribution >= 4 is 33.9 Å². The van der Waals surface area contributed by atoms with Crippen molar-refractivity contribution in [2.45, 2.75) is 13.0 Å². The number of anilines is 1. The van der Waals surface area contributed by atoms with Crippen LogP contribution in [0.3, 0.4) is 0 Å². The van der Waals surface area contributed by atoms with Gasteiger partial charge in [-0.05, 0) is 42.6 Å². The third-order valence-electron chi connectivity index (χ3n) is 4.60. The number of hydrogen-bond acceptors (Lipinski definition) is 6. The molecule has 2 heterocycles. The maximum Gasteiger partial charge on any atom is 0.338 e. The smallest absolute Gasteiger partial charge is 0.338 e. The first-order valence-electron chi connectivity index (χ1n) is 9.31. The van der Waals surface area contributed by atoms with Gasteiger partial charge in [-0.15, -0.1) is 11.3 Å². The SMILES string of the molecule is CCOC(=O)c1cccc(N[C@@H](c2cccs2)c2ccc3cccnc3c2O)c1. The Bertz CT molecular complexity index is 1140. The summed E-state index contributed by atoms with van der Waals surface area (Å²) in [7, 11) is 0. The van der Waals surface area contributed by atoms with Crippen molar-refractivity contribution in [3.63, 3.8) is 0 Å². The van der Waals surface area contributed by atoms with Crippen LogP contribution in [0.2, 0.25) is 0 Å². The minimum atomic E-state index is -0.360. The lowest BCUT2D eigenvalue weighted by atomic mass is 10.0. The van der Waals surface area contributed by atoms with Gasteiger partial charge < -0.3 is 15.2 Å². The predicted molar refractivity (Wildman–Crippen MR) is 116 cm³/mol. The maximum absolute atomic E-state index is 12.1. The molecule has 29 heavy (non-hydrogen) atoms. The monoisotopic (exact) mass is 404 g/mol. The molecule has 0 amide bonds. The first kappa shape index (κ1) is 19.0. The molecule has 0 saturated carbocycles. The van der Waals surface area contributed by atoms with Gasteiger partial charge in [0.05, 0.1) is 18.2 Å². The van der Waals surface area contributed by atoms with Crippen molar-refractivity contribution in [3.05, 3.63) is 88.2 Å². The van der Waals surface area contributed by atoms with Crippen LogP contribution in [-0.4, -0.2) is 22.7 Å². The molecule has 4 aromatic rings. The third-order valence-corrected chi connectivity index (χ3v) is 5.54. The number of benzene rings is 2. The van der Waals surface area contributed by atoms with E-state index < -0.39 is 0 Å². The molecule has 0 bridgehead atoms. The summed E-state index contributed by atoms with van der Waals surface area (Å²) in [5.41, 5.74) is 2.52. The maximum atomic E-state index is 12.1. The van der Waals surface area contributed by atoms with Crippen LogP contribution in [0.4, 0.5) is 5.69 Å².